The third-order valence-electron chi connectivity index (χ3n) is 4.12. The molecule has 0 bridgehead atoms. The molecule has 8 heteroatoms. The van der Waals surface area contributed by atoms with Gasteiger partial charge in [0.25, 0.3) is 0 Å². The molecule has 1 aliphatic rings. The summed E-state index contributed by atoms with van der Waals surface area (Å²) < 4.78 is 5.23. The van der Waals surface area contributed by atoms with Crippen molar-refractivity contribution in [2.45, 2.75) is 33.7 Å². The van der Waals surface area contributed by atoms with Gasteiger partial charge >= 0.3 is 5.91 Å². The van der Waals surface area contributed by atoms with E-state index in [-0.39, 0.29) is 5.91 Å². The normalized spacial score (nSPS) is 16.2. The van der Waals surface area contributed by atoms with Crippen LogP contribution < -0.4 is 5.43 Å². The van der Waals surface area contributed by atoms with Gasteiger partial charge in [-0.2, -0.15) is 15.2 Å². The number of hydrogen-bond donors (Lipinski definition) is 1. The summed E-state index contributed by atoms with van der Waals surface area (Å²) in [7, 11) is 0. The zero-order valence-corrected chi connectivity index (χ0v) is 19.3. The highest BCUT2D eigenvalue weighted by Gasteiger charge is 2.34. The Hall–Kier alpha value is -2.71. The Morgan fingerprint density at radius 1 is 1.19 bits per heavy atom. The van der Waals surface area contributed by atoms with Gasteiger partial charge in [-0.15, -0.1) is 0 Å². The monoisotopic (exact) mass is 441 g/mol. The van der Waals surface area contributed by atoms with E-state index < -0.39 is 0 Å². The van der Waals surface area contributed by atoms with E-state index in [4.69, 9.17) is 4.74 Å². The summed E-state index contributed by atoms with van der Waals surface area (Å²) in [6, 6.07) is 9.96. The summed E-state index contributed by atoms with van der Waals surface area (Å²) in [4.78, 5) is 17.6. The fourth-order valence-electron chi connectivity index (χ4n) is 2.61. The molecule has 1 aliphatic heterocycles. The van der Waals surface area contributed by atoms with Crippen LogP contribution in [0.4, 0.5) is 0 Å². The van der Waals surface area contributed by atoms with Gasteiger partial charge < -0.3 is 10.2 Å². The maximum atomic E-state index is 13.0. The Morgan fingerprint density at radius 2 is 1.97 bits per heavy atom. The summed E-state index contributed by atoms with van der Waals surface area (Å²) >= 11 is 1.50. The molecule has 0 unspecified atom stereocenters. The van der Waals surface area contributed by atoms with Crippen molar-refractivity contribution in [2.24, 2.45) is 15.2 Å². The Balaban J connectivity index is 2.01. The number of hydrazone groups is 2. The summed E-state index contributed by atoms with van der Waals surface area (Å²) in [5.41, 5.74) is 5.01. The van der Waals surface area contributed by atoms with Crippen LogP contribution in [0.5, 0.6) is 0 Å². The van der Waals surface area contributed by atoms with Crippen molar-refractivity contribution >= 4 is 34.3 Å². The van der Waals surface area contributed by atoms with Crippen molar-refractivity contribution in [1.82, 2.24) is 10.4 Å². The molecule has 31 heavy (non-hydrogen) atoms. The molecule has 0 radical (unpaired) electrons. The average molecular weight is 442 g/mol. The third kappa shape index (κ3) is 8.15. The van der Waals surface area contributed by atoms with Crippen molar-refractivity contribution in [3.8, 4) is 0 Å². The predicted molar refractivity (Wildman–Crippen MR) is 130 cm³/mol. The second-order valence-electron chi connectivity index (χ2n) is 6.37. The van der Waals surface area contributed by atoms with E-state index in [2.05, 4.69) is 20.6 Å². The van der Waals surface area contributed by atoms with Gasteiger partial charge in [-0.3, -0.25) is 9.79 Å². The number of nitrogens with zero attached hydrogens (tertiary/aromatic N) is 4. The molecule has 1 N–H and O–H groups in total. The lowest BCUT2D eigenvalue weighted by Crippen LogP contribution is -2.32. The third-order valence-corrected chi connectivity index (χ3v) is 4.97. The fraction of sp³-hybridized carbons (Fsp3) is 0.391. The lowest BCUT2D eigenvalue weighted by Gasteiger charge is -2.13. The molecular weight excluding hydrogens is 410 g/mol. The summed E-state index contributed by atoms with van der Waals surface area (Å²) in [5.74, 6) is 0.540. The second kappa shape index (κ2) is 14.3. The molecular formula is C23H31N5O2S. The molecule has 0 aliphatic carbocycles. The number of hydrogen-bond acceptors (Lipinski definition) is 7. The van der Waals surface area contributed by atoms with Crippen LogP contribution in [0.2, 0.25) is 0 Å². The van der Waals surface area contributed by atoms with Crippen molar-refractivity contribution < 1.29 is 9.53 Å². The summed E-state index contributed by atoms with van der Waals surface area (Å²) in [5, 5.41) is 10.8. The summed E-state index contributed by atoms with van der Waals surface area (Å²) in [6.45, 7) is 8.25. The molecule has 1 heterocycles. The SMILES string of the molecule is CCOC/C=C\C=C/CN/N=C1/C(=O)N(/C(=N/Cc2ccccc2)SCC)N=C1CC. The molecule has 166 valence electrons. The fourth-order valence-corrected chi connectivity index (χ4v) is 3.27. The Bertz CT molecular complexity index is 847. The minimum atomic E-state index is -0.252. The van der Waals surface area contributed by atoms with E-state index >= 15 is 0 Å². The van der Waals surface area contributed by atoms with Crippen LogP contribution in [0.25, 0.3) is 0 Å². The van der Waals surface area contributed by atoms with Gasteiger partial charge in [0, 0.05) is 6.61 Å². The quantitative estimate of drug-likeness (QED) is 0.185. The minimum absolute atomic E-state index is 0.252. The molecule has 0 aromatic heterocycles. The van der Waals surface area contributed by atoms with Crippen molar-refractivity contribution in [1.29, 1.82) is 0 Å². The number of nitrogens with one attached hydrogen (secondary N) is 1. The van der Waals surface area contributed by atoms with Crippen LogP contribution in [0, 0.1) is 0 Å². The molecule has 0 saturated heterocycles. The molecule has 0 saturated carbocycles. The van der Waals surface area contributed by atoms with Gasteiger partial charge in [0.2, 0.25) is 0 Å². The van der Waals surface area contributed by atoms with Crippen LogP contribution >= 0.6 is 11.8 Å². The highest BCUT2D eigenvalue weighted by atomic mass is 32.2. The number of amidine groups is 1. The van der Waals surface area contributed by atoms with Crippen molar-refractivity contribution in [3.05, 3.63) is 60.2 Å². The predicted octanol–water partition coefficient (Wildman–Crippen LogP) is 4.00. The lowest BCUT2D eigenvalue weighted by molar-refractivity contribution is -0.119. The molecule has 0 atom stereocenters. The first kappa shape index (κ1) is 24.6. The van der Waals surface area contributed by atoms with E-state index in [0.717, 1.165) is 11.3 Å². The van der Waals surface area contributed by atoms with Gasteiger partial charge in [-0.1, -0.05) is 80.2 Å². The molecule has 1 aromatic rings. The molecule has 0 spiro atoms. The van der Waals surface area contributed by atoms with Crippen molar-refractivity contribution in [3.63, 3.8) is 0 Å². The molecule has 1 aromatic carbocycles. The van der Waals surface area contributed by atoms with E-state index in [0.29, 0.717) is 49.3 Å². The molecule has 2 rings (SSSR count). The first-order chi connectivity index (χ1) is 15.2. The average Bonchev–Trinajstić information content (AvgIpc) is 3.11. The van der Waals surface area contributed by atoms with Gasteiger partial charge in [0.15, 0.2) is 10.9 Å². The first-order valence-electron chi connectivity index (χ1n) is 10.5. The van der Waals surface area contributed by atoms with Crippen LogP contribution in [-0.2, 0) is 16.1 Å². The molecule has 7 nitrogen and oxygen atoms in total. The molecule has 1 amide bonds. The smallest absolute Gasteiger partial charge is 0.302 e. The van der Waals surface area contributed by atoms with Gasteiger partial charge in [-0.05, 0) is 24.7 Å². The summed E-state index contributed by atoms with van der Waals surface area (Å²) in [6.07, 6.45) is 8.31. The standard InChI is InChI=1S/C23H31N5O2S/c1-4-20-21(26-25-16-12-7-8-13-17-30-5-2)22(29)28(27-20)23(31-6-3)24-18-19-14-10-9-11-15-19/h7-15,25H,4-6,16-18H2,1-3H3/b12-7-,13-8-,24-23-,26-21+. The van der Waals surface area contributed by atoms with Gasteiger partial charge in [-0.25, -0.2) is 0 Å². The van der Waals surface area contributed by atoms with E-state index in [9.17, 15) is 4.79 Å². The molecule has 0 fully saturated rings. The number of carbonyl (C=O) groups excluding carboxylic acids is 1. The number of carbonyl (C=O) groups is 1. The number of benzene rings is 1. The largest absolute Gasteiger partial charge is 0.378 e. The first-order valence-corrected chi connectivity index (χ1v) is 11.5. The van der Waals surface area contributed by atoms with Crippen molar-refractivity contribution in [2.75, 3.05) is 25.5 Å². The lowest BCUT2D eigenvalue weighted by atomic mass is 10.2. The topological polar surface area (TPSA) is 78.6 Å². The van der Waals surface area contributed by atoms with Crippen LogP contribution in [-0.4, -0.2) is 53.0 Å². The number of amides is 1. The maximum absolute atomic E-state index is 13.0. The van der Waals surface area contributed by atoms with Crippen LogP contribution in [0.15, 0.2) is 69.8 Å². The van der Waals surface area contributed by atoms with Gasteiger partial charge in [0.05, 0.1) is 25.4 Å². The number of allylic oxidation sites excluding steroid dienone is 2. The Kier molecular flexibility index (Phi) is 11.3. The number of aliphatic imine (C=N–C) groups is 1. The second-order valence-corrected chi connectivity index (χ2v) is 7.60. The minimum Gasteiger partial charge on any atom is -0.378 e. The van der Waals surface area contributed by atoms with Crippen LogP contribution in [0.3, 0.4) is 0 Å². The highest BCUT2D eigenvalue weighted by molar-refractivity contribution is 8.13. The number of thioether (sulfide) groups is 1. The maximum Gasteiger partial charge on any atom is 0.302 e. The zero-order chi connectivity index (χ0) is 22.3. The Morgan fingerprint density at radius 3 is 2.68 bits per heavy atom. The van der Waals surface area contributed by atoms with E-state index in [1.165, 1.54) is 16.8 Å². The number of ether oxygens (including phenoxy) is 1. The van der Waals surface area contributed by atoms with Crippen LogP contribution in [0.1, 0.15) is 32.8 Å². The zero-order valence-electron chi connectivity index (χ0n) is 18.5. The number of rotatable bonds is 11. The van der Waals surface area contributed by atoms with Gasteiger partial charge in [0.1, 0.15) is 0 Å². The van der Waals surface area contributed by atoms with E-state index in [1.54, 1.807) is 0 Å². The Labute approximate surface area is 189 Å². The van der Waals surface area contributed by atoms with E-state index in [1.807, 2.05) is 75.4 Å². The highest BCUT2D eigenvalue weighted by Crippen LogP contribution is 2.18.